The van der Waals surface area contributed by atoms with E-state index in [0.29, 0.717) is 5.82 Å². The number of likely N-dealkylation sites (N-methyl/N-ethyl adjacent to an activating group) is 1. The summed E-state index contributed by atoms with van der Waals surface area (Å²) in [6.45, 7) is 5.76. The monoisotopic (exact) mass is 265 g/mol. The number of nitrogens with zero attached hydrogens (tertiary/aromatic N) is 3. The van der Waals surface area contributed by atoms with Crippen molar-refractivity contribution in [1.29, 1.82) is 0 Å². The molecule has 1 heterocycles. The first-order chi connectivity index (χ1) is 8.90. The van der Waals surface area contributed by atoms with E-state index in [1.165, 1.54) is 0 Å². The minimum Gasteiger partial charge on any atom is -0.373 e. The standard InChI is InChI=1S/C13H23N5O/c1-7-10-16-11(14-4)8(2)12(17-10)15-9(3)13(19)18(5)6/h9H,7H2,1-6H3,(H2,14,15,16,17). The van der Waals surface area contributed by atoms with E-state index in [1.807, 2.05) is 27.8 Å². The number of anilines is 2. The van der Waals surface area contributed by atoms with Crippen molar-refractivity contribution in [1.82, 2.24) is 14.9 Å². The van der Waals surface area contributed by atoms with Gasteiger partial charge in [0.15, 0.2) is 0 Å². The van der Waals surface area contributed by atoms with Crippen molar-refractivity contribution in [2.75, 3.05) is 31.8 Å². The molecule has 6 heteroatoms. The Kier molecular flexibility index (Phi) is 5.09. The lowest BCUT2D eigenvalue weighted by Gasteiger charge is -2.20. The molecule has 1 amide bonds. The summed E-state index contributed by atoms with van der Waals surface area (Å²) in [7, 11) is 5.31. The zero-order chi connectivity index (χ0) is 14.6. The Labute approximate surface area is 114 Å². The fourth-order valence-corrected chi connectivity index (χ4v) is 1.76. The van der Waals surface area contributed by atoms with Gasteiger partial charge in [-0.1, -0.05) is 6.92 Å². The molecule has 0 bridgehead atoms. The molecule has 6 nitrogen and oxygen atoms in total. The lowest BCUT2D eigenvalue weighted by atomic mass is 10.2. The lowest BCUT2D eigenvalue weighted by molar-refractivity contribution is -0.129. The fourth-order valence-electron chi connectivity index (χ4n) is 1.76. The van der Waals surface area contributed by atoms with Crippen LogP contribution < -0.4 is 10.6 Å². The van der Waals surface area contributed by atoms with Gasteiger partial charge >= 0.3 is 0 Å². The molecule has 1 unspecified atom stereocenters. The fraction of sp³-hybridized carbons (Fsp3) is 0.615. The topological polar surface area (TPSA) is 70.2 Å². The van der Waals surface area contributed by atoms with Gasteiger partial charge in [0.2, 0.25) is 5.91 Å². The minimum absolute atomic E-state index is 0.0158. The van der Waals surface area contributed by atoms with Crippen molar-refractivity contribution in [3.8, 4) is 0 Å². The van der Waals surface area contributed by atoms with Gasteiger partial charge in [-0.2, -0.15) is 0 Å². The third-order valence-electron chi connectivity index (χ3n) is 2.91. The Bertz CT molecular complexity index is 459. The zero-order valence-corrected chi connectivity index (χ0v) is 12.5. The normalized spacial score (nSPS) is 11.9. The summed E-state index contributed by atoms with van der Waals surface area (Å²) in [5, 5.41) is 6.21. The van der Waals surface area contributed by atoms with Crippen LogP contribution in [0.5, 0.6) is 0 Å². The summed E-state index contributed by atoms with van der Waals surface area (Å²) in [6.07, 6.45) is 0.750. The lowest BCUT2D eigenvalue weighted by Crippen LogP contribution is -2.37. The zero-order valence-electron chi connectivity index (χ0n) is 12.5. The molecule has 0 fully saturated rings. The van der Waals surface area contributed by atoms with Crippen molar-refractivity contribution in [2.45, 2.75) is 33.2 Å². The second kappa shape index (κ2) is 6.36. The highest BCUT2D eigenvalue weighted by Gasteiger charge is 2.17. The molecule has 0 aliphatic carbocycles. The summed E-state index contributed by atoms with van der Waals surface area (Å²) >= 11 is 0. The Hall–Kier alpha value is -1.85. The summed E-state index contributed by atoms with van der Waals surface area (Å²) in [5.74, 6) is 2.27. The number of nitrogens with one attached hydrogen (secondary N) is 2. The predicted molar refractivity (Wildman–Crippen MR) is 77.5 cm³/mol. The molecule has 0 aliphatic rings. The number of aromatic nitrogens is 2. The van der Waals surface area contributed by atoms with E-state index in [4.69, 9.17) is 0 Å². The number of hydrogen-bond donors (Lipinski definition) is 2. The van der Waals surface area contributed by atoms with Crippen LogP contribution in [0.2, 0.25) is 0 Å². The first kappa shape index (κ1) is 15.2. The number of carbonyl (C=O) groups is 1. The molecule has 0 aromatic carbocycles. The number of carbonyl (C=O) groups excluding carboxylic acids is 1. The molecular weight excluding hydrogens is 242 g/mol. The third kappa shape index (κ3) is 3.56. The molecule has 1 atom stereocenters. The van der Waals surface area contributed by atoms with Crippen LogP contribution in [0.3, 0.4) is 0 Å². The molecule has 106 valence electrons. The van der Waals surface area contributed by atoms with Gasteiger partial charge in [0.25, 0.3) is 0 Å². The van der Waals surface area contributed by atoms with Crippen LogP contribution in [0.4, 0.5) is 11.6 Å². The molecule has 0 aliphatic heterocycles. The van der Waals surface area contributed by atoms with Crippen molar-refractivity contribution in [3.05, 3.63) is 11.4 Å². The number of aryl methyl sites for hydroxylation is 1. The van der Waals surface area contributed by atoms with Gasteiger partial charge in [-0.25, -0.2) is 9.97 Å². The van der Waals surface area contributed by atoms with Crippen molar-refractivity contribution in [3.63, 3.8) is 0 Å². The molecular formula is C13H23N5O. The van der Waals surface area contributed by atoms with E-state index < -0.39 is 0 Å². The SMILES string of the molecule is CCc1nc(NC)c(C)c(NC(C)C(=O)N(C)C)n1. The Balaban J connectivity index is 3.03. The highest BCUT2D eigenvalue weighted by Crippen LogP contribution is 2.20. The Morgan fingerprint density at radius 1 is 1.32 bits per heavy atom. The molecule has 0 radical (unpaired) electrons. The Morgan fingerprint density at radius 2 is 1.89 bits per heavy atom. The van der Waals surface area contributed by atoms with Gasteiger partial charge in [0.05, 0.1) is 0 Å². The summed E-state index contributed by atoms with van der Waals surface area (Å²) in [6, 6.07) is -0.321. The highest BCUT2D eigenvalue weighted by molar-refractivity contribution is 5.84. The summed E-state index contributed by atoms with van der Waals surface area (Å²) in [5.41, 5.74) is 0.915. The van der Waals surface area contributed by atoms with Gasteiger partial charge in [0.1, 0.15) is 23.5 Å². The predicted octanol–water partition coefficient (Wildman–Crippen LogP) is 1.28. The van der Waals surface area contributed by atoms with Crippen molar-refractivity contribution in [2.24, 2.45) is 0 Å². The molecule has 1 rings (SSSR count). The third-order valence-corrected chi connectivity index (χ3v) is 2.91. The number of hydrogen-bond acceptors (Lipinski definition) is 5. The highest BCUT2D eigenvalue weighted by atomic mass is 16.2. The average Bonchev–Trinajstić information content (AvgIpc) is 2.39. The maximum atomic E-state index is 11.9. The van der Waals surface area contributed by atoms with Crippen LogP contribution in [-0.4, -0.2) is 48.0 Å². The van der Waals surface area contributed by atoms with Crippen LogP contribution in [-0.2, 0) is 11.2 Å². The van der Waals surface area contributed by atoms with Gasteiger partial charge in [-0.3, -0.25) is 4.79 Å². The van der Waals surface area contributed by atoms with E-state index in [1.54, 1.807) is 19.0 Å². The van der Waals surface area contributed by atoms with Crippen molar-refractivity contribution >= 4 is 17.5 Å². The van der Waals surface area contributed by atoms with Gasteiger partial charge in [-0.15, -0.1) is 0 Å². The molecule has 1 aromatic rings. The van der Waals surface area contributed by atoms with Gasteiger partial charge < -0.3 is 15.5 Å². The summed E-state index contributed by atoms with van der Waals surface area (Å²) < 4.78 is 0. The maximum absolute atomic E-state index is 11.9. The van der Waals surface area contributed by atoms with Crippen LogP contribution >= 0.6 is 0 Å². The van der Waals surface area contributed by atoms with Gasteiger partial charge in [-0.05, 0) is 13.8 Å². The molecule has 0 saturated carbocycles. The van der Waals surface area contributed by atoms with Crippen LogP contribution in [0.1, 0.15) is 25.2 Å². The minimum atomic E-state index is -0.321. The average molecular weight is 265 g/mol. The summed E-state index contributed by atoms with van der Waals surface area (Å²) in [4.78, 5) is 22.3. The first-order valence-electron chi connectivity index (χ1n) is 6.43. The van der Waals surface area contributed by atoms with Crippen LogP contribution in [0.15, 0.2) is 0 Å². The first-order valence-corrected chi connectivity index (χ1v) is 6.43. The van der Waals surface area contributed by atoms with Gasteiger partial charge in [0, 0.05) is 33.1 Å². The Morgan fingerprint density at radius 3 is 2.37 bits per heavy atom. The molecule has 0 saturated heterocycles. The van der Waals surface area contributed by atoms with Crippen molar-refractivity contribution < 1.29 is 4.79 Å². The van der Waals surface area contributed by atoms with E-state index in [0.717, 1.165) is 23.6 Å². The number of rotatable bonds is 5. The van der Waals surface area contributed by atoms with E-state index in [2.05, 4.69) is 20.6 Å². The van der Waals surface area contributed by atoms with Crippen LogP contribution in [0.25, 0.3) is 0 Å². The van der Waals surface area contributed by atoms with E-state index in [9.17, 15) is 4.79 Å². The second-order valence-corrected chi connectivity index (χ2v) is 4.66. The largest absolute Gasteiger partial charge is 0.373 e. The molecule has 2 N–H and O–H groups in total. The quantitative estimate of drug-likeness (QED) is 0.839. The van der Waals surface area contributed by atoms with Crippen LogP contribution in [0, 0.1) is 6.92 Å². The molecule has 1 aromatic heterocycles. The smallest absolute Gasteiger partial charge is 0.244 e. The maximum Gasteiger partial charge on any atom is 0.244 e. The molecule has 19 heavy (non-hydrogen) atoms. The second-order valence-electron chi connectivity index (χ2n) is 4.66. The molecule has 0 spiro atoms. The van der Waals surface area contributed by atoms with E-state index in [-0.39, 0.29) is 11.9 Å². The van der Waals surface area contributed by atoms with E-state index >= 15 is 0 Å². The number of amides is 1.